The van der Waals surface area contributed by atoms with Crippen molar-refractivity contribution in [1.82, 2.24) is 9.38 Å². The van der Waals surface area contributed by atoms with Gasteiger partial charge in [0.15, 0.2) is 5.65 Å². The fourth-order valence-electron chi connectivity index (χ4n) is 3.25. The third kappa shape index (κ3) is 2.00. The number of anilines is 1. The van der Waals surface area contributed by atoms with Crippen molar-refractivity contribution >= 4 is 22.5 Å². The van der Waals surface area contributed by atoms with Crippen LogP contribution in [0.1, 0.15) is 11.1 Å². The third-order valence-electron chi connectivity index (χ3n) is 4.38. The van der Waals surface area contributed by atoms with E-state index in [-0.39, 0.29) is 16.9 Å². The van der Waals surface area contributed by atoms with Crippen LogP contribution in [0.4, 0.5) is 5.82 Å². The van der Waals surface area contributed by atoms with Crippen LogP contribution in [0.5, 0.6) is 5.75 Å². The zero-order chi connectivity index (χ0) is 18.3. The predicted octanol–water partition coefficient (Wildman–Crippen LogP) is 3.49. The highest BCUT2D eigenvalue weighted by Crippen LogP contribution is 2.39. The van der Waals surface area contributed by atoms with Crippen LogP contribution in [-0.4, -0.2) is 16.5 Å². The number of imidazole rings is 1. The van der Waals surface area contributed by atoms with Gasteiger partial charge < -0.3 is 10.5 Å². The summed E-state index contributed by atoms with van der Waals surface area (Å²) >= 11 is 0. The van der Waals surface area contributed by atoms with E-state index in [2.05, 4.69) is 17.1 Å². The van der Waals surface area contributed by atoms with Crippen LogP contribution in [0.25, 0.3) is 27.8 Å². The Labute approximate surface area is 149 Å². The van der Waals surface area contributed by atoms with Crippen molar-refractivity contribution in [3.8, 4) is 29.0 Å². The zero-order valence-electron chi connectivity index (χ0n) is 13.9. The van der Waals surface area contributed by atoms with Crippen molar-refractivity contribution in [3.63, 3.8) is 0 Å². The number of nitrogen functional groups attached to an aromatic ring is 1. The number of fused-ring (bicyclic) bond motifs is 3. The molecule has 0 aliphatic rings. The maximum atomic E-state index is 9.88. The Balaban J connectivity index is 2.27. The van der Waals surface area contributed by atoms with Gasteiger partial charge in [0, 0.05) is 11.1 Å². The maximum Gasteiger partial charge on any atom is 0.158 e. The molecular weight excluding hydrogens is 326 g/mol. The minimum absolute atomic E-state index is 0.224. The number of hydrogen-bond donors (Lipinski definition) is 1. The van der Waals surface area contributed by atoms with Crippen molar-refractivity contribution in [1.29, 1.82) is 10.5 Å². The minimum atomic E-state index is 0.224. The average Bonchev–Trinajstić information content (AvgIpc) is 3.07. The molecule has 0 fully saturated rings. The SMILES string of the molecule is COc1ccccc1-c1c(C#N)c(N)n2c(nc3ccccc32)c1C#N. The molecule has 0 saturated carbocycles. The lowest BCUT2D eigenvalue weighted by molar-refractivity contribution is 0.416. The first-order valence-corrected chi connectivity index (χ1v) is 7.87. The van der Waals surface area contributed by atoms with E-state index in [9.17, 15) is 10.5 Å². The molecule has 26 heavy (non-hydrogen) atoms. The number of para-hydroxylation sites is 3. The normalized spacial score (nSPS) is 10.6. The summed E-state index contributed by atoms with van der Waals surface area (Å²) in [5.41, 5.74) is 9.80. The first-order chi connectivity index (χ1) is 12.7. The highest BCUT2D eigenvalue weighted by atomic mass is 16.5. The van der Waals surface area contributed by atoms with Gasteiger partial charge in [-0.3, -0.25) is 4.40 Å². The standard InChI is InChI=1S/C20H13N5O/c1-26-17-9-5-2-6-12(17)18-13(10-21)19(23)25-16-8-4-3-7-15(16)24-20(25)14(18)11-22/h2-9H,23H2,1H3. The minimum Gasteiger partial charge on any atom is -0.496 e. The molecule has 0 bridgehead atoms. The molecule has 0 spiro atoms. The third-order valence-corrected chi connectivity index (χ3v) is 4.38. The first-order valence-electron chi connectivity index (χ1n) is 7.87. The Morgan fingerprint density at radius 1 is 1.00 bits per heavy atom. The molecule has 2 aromatic carbocycles. The highest BCUT2D eigenvalue weighted by Gasteiger charge is 2.24. The summed E-state index contributed by atoms with van der Waals surface area (Å²) in [6.45, 7) is 0. The fraction of sp³-hybridized carbons (Fsp3) is 0.0500. The smallest absolute Gasteiger partial charge is 0.158 e. The van der Waals surface area contributed by atoms with Gasteiger partial charge in [0.25, 0.3) is 0 Å². The van der Waals surface area contributed by atoms with Gasteiger partial charge in [0.2, 0.25) is 0 Å². The number of nitrogens with zero attached hydrogens (tertiary/aromatic N) is 4. The van der Waals surface area contributed by atoms with Crippen LogP contribution >= 0.6 is 0 Å². The maximum absolute atomic E-state index is 9.88. The second-order valence-corrected chi connectivity index (χ2v) is 5.69. The molecular formula is C20H13N5O. The largest absolute Gasteiger partial charge is 0.496 e. The Morgan fingerprint density at radius 2 is 1.69 bits per heavy atom. The van der Waals surface area contributed by atoms with E-state index >= 15 is 0 Å². The number of aromatic nitrogens is 2. The van der Waals surface area contributed by atoms with Crippen LogP contribution in [0, 0.1) is 22.7 Å². The number of nitrogens with two attached hydrogens (primary N) is 1. The summed E-state index contributed by atoms with van der Waals surface area (Å²) in [5.74, 6) is 0.802. The molecule has 124 valence electrons. The Hall–Kier alpha value is -4.03. The topological polar surface area (TPSA) is 100 Å². The summed E-state index contributed by atoms with van der Waals surface area (Å²) in [6, 6.07) is 19.0. The Kier molecular flexibility index (Phi) is 3.46. The molecule has 2 aromatic heterocycles. The van der Waals surface area contributed by atoms with E-state index in [1.807, 2.05) is 36.4 Å². The molecule has 0 amide bonds. The van der Waals surface area contributed by atoms with Gasteiger partial charge in [-0.05, 0) is 18.2 Å². The number of ether oxygens (including phenoxy) is 1. The van der Waals surface area contributed by atoms with Crippen molar-refractivity contribution in [2.45, 2.75) is 0 Å². The van der Waals surface area contributed by atoms with E-state index in [0.29, 0.717) is 28.0 Å². The van der Waals surface area contributed by atoms with Crippen LogP contribution in [-0.2, 0) is 0 Å². The first kappa shape index (κ1) is 15.5. The van der Waals surface area contributed by atoms with Gasteiger partial charge in [0.05, 0.1) is 18.1 Å². The van der Waals surface area contributed by atoms with Gasteiger partial charge >= 0.3 is 0 Å². The van der Waals surface area contributed by atoms with E-state index in [4.69, 9.17) is 10.5 Å². The van der Waals surface area contributed by atoms with E-state index in [0.717, 1.165) is 5.52 Å². The molecule has 0 saturated heterocycles. The van der Waals surface area contributed by atoms with Crippen LogP contribution in [0.2, 0.25) is 0 Å². The van der Waals surface area contributed by atoms with Gasteiger partial charge in [-0.1, -0.05) is 30.3 Å². The molecule has 4 rings (SSSR count). The zero-order valence-corrected chi connectivity index (χ0v) is 13.9. The van der Waals surface area contributed by atoms with Gasteiger partial charge in [-0.15, -0.1) is 0 Å². The number of rotatable bonds is 2. The summed E-state index contributed by atoms with van der Waals surface area (Å²) < 4.78 is 7.08. The molecule has 2 N–H and O–H groups in total. The summed E-state index contributed by atoms with van der Waals surface area (Å²) in [5, 5.41) is 19.7. The van der Waals surface area contributed by atoms with Crippen LogP contribution in [0.3, 0.4) is 0 Å². The van der Waals surface area contributed by atoms with Gasteiger partial charge in [-0.25, -0.2) is 4.98 Å². The second-order valence-electron chi connectivity index (χ2n) is 5.69. The number of hydrogen-bond acceptors (Lipinski definition) is 5. The molecule has 2 heterocycles. The summed E-state index contributed by atoms with van der Waals surface area (Å²) in [4.78, 5) is 4.57. The predicted molar refractivity (Wildman–Crippen MR) is 98.5 cm³/mol. The Morgan fingerprint density at radius 3 is 2.42 bits per heavy atom. The number of benzene rings is 2. The van der Waals surface area contributed by atoms with Crippen molar-refractivity contribution in [2.75, 3.05) is 12.8 Å². The van der Waals surface area contributed by atoms with Crippen molar-refractivity contribution in [2.24, 2.45) is 0 Å². The number of methoxy groups -OCH3 is 1. The molecule has 0 unspecified atom stereocenters. The number of nitriles is 2. The summed E-state index contributed by atoms with van der Waals surface area (Å²) in [7, 11) is 1.54. The van der Waals surface area contributed by atoms with Crippen molar-refractivity contribution in [3.05, 3.63) is 59.7 Å². The molecule has 0 aliphatic heterocycles. The average molecular weight is 339 g/mol. The van der Waals surface area contributed by atoms with E-state index in [1.165, 1.54) is 0 Å². The lowest BCUT2D eigenvalue weighted by atomic mass is 9.95. The van der Waals surface area contributed by atoms with Crippen LogP contribution < -0.4 is 10.5 Å². The van der Waals surface area contributed by atoms with Gasteiger partial charge in [0.1, 0.15) is 34.8 Å². The lowest BCUT2D eigenvalue weighted by Gasteiger charge is -2.15. The monoisotopic (exact) mass is 339 g/mol. The van der Waals surface area contributed by atoms with Gasteiger partial charge in [-0.2, -0.15) is 10.5 Å². The number of pyridine rings is 1. The fourth-order valence-corrected chi connectivity index (χ4v) is 3.25. The molecule has 6 heteroatoms. The second kappa shape index (κ2) is 5.80. The molecule has 0 atom stereocenters. The molecule has 0 radical (unpaired) electrons. The lowest BCUT2D eigenvalue weighted by Crippen LogP contribution is -2.06. The molecule has 0 aliphatic carbocycles. The van der Waals surface area contributed by atoms with Crippen molar-refractivity contribution < 1.29 is 4.74 Å². The van der Waals surface area contributed by atoms with E-state index in [1.54, 1.807) is 23.6 Å². The summed E-state index contributed by atoms with van der Waals surface area (Å²) in [6.07, 6.45) is 0. The molecule has 4 aromatic rings. The van der Waals surface area contributed by atoms with Crippen LogP contribution in [0.15, 0.2) is 48.5 Å². The molecule has 6 nitrogen and oxygen atoms in total. The quantitative estimate of drug-likeness (QED) is 0.602. The van der Waals surface area contributed by atoms with E-state index < -0.39 is 0 Å². The Bertz CT molecular complexity index is 1260. The highest BCUT2D eigenvalue weighted by molar-refractivity contribution is 5.93.